The van der Waals surface area contributed by atoms with Crippen molar-refractivity contribution in [3.05, 3.63) is 41.4 Å². The van der Waals surface area contributed by atoms with Crippen molar-refractivity contribution in [2.24, 2.45) is 15.7 Å². The summed E-state index contributed by atoms with van der Waals surface area (Å²) in [6.07, 6.45) is 2.20. The Bertz CT molecular complexity index is 625. The van der Waals surface area contributed by atoms with E-state index in [1.807, 2.05) is 0 Å². The molecule has 1 aromatic carbocycles. The average molecular weight is 271 g/mol. The van der Waals surface area contributed by atoms with Gasteiger partial charge in [0.1, 0.15) is 6.29 Å². The Morgan fingerprint density at radius 2 is 2.10 bits per heavy atom. The highest BCUT2D eigenvalue weighted by molar-refractivity contribution is 6.36. The monoisotopic (exact) mass is 271 g/mol. The fourth-order valence-corrected chi connectivity index (χ4v) is 1.56. The summed E-state index contributed by atoms with van der Waals surface area (Å²) in [5, 5.41) is 19.7. The lowest BCUT2D eigenvalue weighted by atomic mass is 10.2. The molecule has 1 aliphatic rings. The average Bonchev–Trinajstić information content (AvgIpc) is 2.46. The third-order valence-corrected chi connectivity index (χ3v) is 2.59. The summed E-state index contributed by atoms with van der Waals surface area (Å²) in [6, 6.07) is 6.92. The van der Waals surface area contributed by atoms with Crippen LogP contribution in [0, 0.1) is 5.41 Å². The number of nitrogens with two attached hydrogens (primary N) is 1. The van der Waals surface area contributed by atoms with Gasteiger partial charge in [-0.1, -0.05) is 0 Å². The van der Waals surface area contributed by atoms with Crippen molar-refractivity contribution >= 4 is 29.7 Å². The molecule has 1 aliphatic heterocycles. The predicted octanol–water partition coefficient (Wildman–Crippen LogP) is 1.10. The van der Waals surface area contributed by atoms with E-state index < -0.39 is 5.88 Å². The van der Waals surface area contributed by atoms with Crippen LogP contribution in [0.5, 0.6) is 0 Å². The minimum atomic E-state index is -0.528. The van der Waals surface area contributed by atoms with Gasteiger partial charge in [-0.15, -0.1) is 0 Å². The SMILES string of the molecule is N=C1N=CC(CNc2ccc(C=O)cc2)=N/C1=C(/N)O. The lowest BCUT2D eigenvalue weighted by Gasteiger charge is -2.11. The lowest BCUT2D eigenvalue weighted by molar-refractivity contribution is 0.112. The Hall–Kier alpha value is -2.96. The van der Waals surface area contributed by atoms with Gasteiger partial charge in [-0.25, -0.2) is 9.98 Å². The maximum absolute atomic E-state index is 10.5. The van der Waals surface area contributed by atoms with Crippen LogP contribution in [-0.4, -0.2) is 35.7 Å². The number of carbonyl (C=O) groups is 1. The molecular weight excluding hydrogens is 258 g/mol. The van der Waals surface area contributed by atoms with Gasteiger partial charge in [-0.05, 0) is 24.3 Å². The first-order chi connectivity index (χ1) is 9.60. The summed E-state index contributed by atoms with van der Waals surface area (Å²) >= 11 is 0. The number of carbonyl (C=O) groups excluding carboxylic acids is 1. The number of hydrogen-bond acceptors (Lipinski definition) is 6. The number of rotatable bonds is 4. The molecule has 2 rings (SSSR count). The van der Waals surface area contributed by atoms with Crippen molar-refractivity contribution in [3.8, 4) is 0 Å². The topological polar surface area (TPSA) is 124 Å². The van der Waals surface area contributed by atoms with E-state index in [9.17, 15) is 9.90 Å². The zero-order valence-corrected chi connectivity index (χ0v) is 10.5. The largest absolute Gasteiger partial charge is 0.493 e. The number of aldehydes is 1. The summed E-state index contributed by atoms with van der Waals surface area (Å²) < 4.78 is 0. The molecule has 102 valence electrons. The number of amidine groups is 1. The smallest absolute Gasteiger partial charge is 0.212 e. The van der Waals surface area contributed by atoms with Gasteiger partial charge in [0.25, 0.3) is 0 Å². The molecule has 20 heavy (non-hydrogen) atoms. The van der Waals surface area contributed by atoms with Gasteiger partial charge < -0.3 is 16.2 Å². The third-order valence-electron chi connectivity index (χ3n) is 2.59. The first kappa shape index (κ1) is 13.5. The summed E-state index contributed by atoms with van der Waals surface area (Å²) in [4.78, 5) is 18.4. The van der Waals surface area contributed by atoms with Crippen LogP contribution in [0.4, 0.5) is 5.69 Å². The fourth-order valence-electron chi connectivity index (χ4n) is 1.56. The summed E-state index contributed by atoms with van der Waals surface area (Å²) in [7, 11) is 0. The van der Waals surface area contributed by atoms with Gasteiger partial charge >= 0.3 is 0 Å². The number of aliphatic hydroxyl groups excluding tert-OH is 1. The zero-order valence-electron chi connectivity index (χ0n) is 10.5. The highest BCUT2D eigenvalue weighted by Gasteiger charge is 2.13. The lowest BCUT2D eigenvalue weighted by Crippen LogP contribution is -2.21. The Kier molecular flexibility index (Phi) is 3.90. The zero-order chi connectivity index (χ0) is 14.5. The molecule has 0 bridgehead atoms. The molecular formula is C13H13N5O2. The minimum absolute atomic E-state index is 0.0411. The Labute approximate surface area is 115 Å². The maximum Gasteiger partial charge on any atom is 0.212 e. The van der Waals surface area contributed by atoms with E-state index in [2.05, 4.69) is 15.3 Å². The first-order valence-electron chi connectivity index (χ1n) is 5.78. The molecule has 1 aromatic rings. The molecule has 0 spiro atoms. The second-order valence-electron chi connectivity index (χ2n) is 4.04. The van der Waals surface area contributed by atoms with Crippen molar-refractivity contribution < 1.29 is 9.90 Å². The van der Waals surface area contributed by atoms with Crippen molar-refractivity contribution in [2.45, 2.75) is 0 Å². The molecule has 0 radical (unpaired) electrons. The van der Waals surface area contributed by atoms with E-state index in [-0.39, 0.29) is 11.5 Å². The van der Waals surface area contributed by atoms with Crippen LogP contribution in [0.1, 0.15) is 10.4 Å². The van der Waals surface area contributed by atoms with E-state index in [1.165, 1.54) is 6.21 Å². The van der Waals surface area contributed by atoms with Gasteiger partial charge in [0.05, 0.1) is 18.5 Å². The number of nitrogens with one attached hydrogen (secondary N) is 2. The molecule has 0 aromatic heterocycles. The van der Waals surface area contributed by atoms with Gasteiger partial charge in [-0.2, -0.15) is 0 Å². The van der Waals surface area contributed by atoms with Crippen LogP contribution in [0.15, 0.2) is 45.8 Å². The molecule has 5 N–H and O–H groups in total. The van der Waals surface area contributed by atoms with Crippen LogP contribution < -0.4 is 11.1 Å². The Morgan fingerprint density at radius 3 is 2.70 bits per heavy atom. The normalized spacial score (nSPS) is 16.6. The van der Waals surface area contributed by atoms with E-state index in [4.69, 9.17) is 11.1 Å². The van der Waals surface area contributed by atoms with Gasteiger partial charge in [-0.3, -0.25) is 10.2 Å². The van der Waals surface area contributed by atoms with Crippen LogP contribution in [-0.2, 0) is 0 Å². The maximum atomic E-state index is 10.5. The van der Waals surface area contributed by atoms with Crippen molar-refractivity contribution in [1.82, 2.24) is 0 Å². The molecule has 0 atom stereocenters. The van der Waals surface area contributed by atoms with E-state index in [1.54, 1.807) is 24.3 Å². The number of aliphatic imine (C=N–C) groups is 2. The number of benzene rings is 1. The Morgan fingerprint density at radius 1 is 1.40 bits per heavy atom. The van der Waals surface area contributed by atoms with Gasteiger partial charge in [0, 0.05) is 11.3 Å². The summed E-state index contributed by atoms with van der Waals surface area (Å²) in [5.41, 5.74) is 7.12. The van der Waals surface area contributed by atoms with Crippen LogP contribution in [0.3, 0.4) is 0 Å². The highest BCUT2D eigenvalue weighted by Crippen LogP contribution is 2.10. The molecule has 0 saturated carbocycles. The Balaban J connectivity index is 2.05. The molecule has 0 amide bonds. The number of aliphatic hydroxyl groups is 1. The number of hydrogen-bond donors (Lipinski definition) is 4. The van der Waals surface area contributed by atoms with Crippen molar-refractivity contribution in [1.29, 1.82) is 5.41 Å². The molecule has 0 aliphatic carbocycles. The van der Waals surface area contributed by atoms with Gasteiger partial charge in [0.2, 0.25) is 5.88 Å². The van der Waals surface area contributed by atoms with E-state index in [0.29, 0.717) is 17.8 Å². The molecule has 7 heteroatoms. The van der Waals surface area contributed by atoms with E-state index in [0.717, 1.165) is 12.0 Å². The molecule has 0 fully saturated rings. The molecule has 0 unspecified atom stereocenters. The van der Waals surface area contributed by atoms with Crippen molar-refractivity contribution in [2.75, 3.05) is 11.9 Å². The highest BCUT2D eigenvalue weighted by atomic mass is 16.3. The second-order valence-corrected chi connectivity index (χ2v) is 4.04. The minimum Gasteiger partial charge on any atom is -0.493 e. The van der Waals surface area contributed by atoms with Crippen LogP contribution in [0.25, 0.3) is 0 Å². The van der Waals surface area contributed by atoms with E-state index >= 15 is 0 Å². The summed E-state index contributed by atoms with van der Waals surface area (Å²) in [6.45, 7) is 0.355. The van der Waals surface area contributed by atoms with Crippen LogP contribution >= 0.6 is 0 Å². The van der Waals surface area contributed by atoms with Crippen LogP contribution in [0.2, 0.25) is 0 Å². The number of anilines is 1. The molecule has 0 saturated heterocycles. The quantitative estimate of drug-likeness (QED) is 0.483. The van der Waals surface area contributed by atoms with Crippen molar-refractivity contribution in [3.63, 3.8) is 0 Å². The predicted molar refractivity (Wildman–Crippen MR) is 77.8 cm³/mol. The number of nitrogens with zero attached hydrogens (tertiary/aromatic N) is 2. The standard InChI is InChI=1S/C13H13N5O2/c14-12-11(13(15)20)18-10(6-17-12)5-16-9-3-1-8(7-19)2-4-9/h1-4,6-7,14,16,20H,5,15H2/b13-11-,14-12?. The van der Waals surface area contributed by atoms with Gasteiger partial charge in [0.15, 0.2) is 11.5 Å². The first-order valence-corrected chi connectivity index (χ1v) is 5.78. The molecule has 1 heterocycles. The fraction of sp³-hybridized carbons (Fsp3) is 0.0769. The second kappa shape index (κ2) is 5.79. The molecule has 7 nitrogen and oxygen atoms in total. The third kappa shape index (κ3) is 3.08. The summed E-state index contributed by atoms with van der Waals surface area (Å²) in [5.74, 6) is -0.705.